The number of nitrogens with zero attached hydrogens (tertiary/aromatic N) is 3. The number of hydrogen-bond donors (Lipinski definition) is 1. The van der Waals surface area contributed by atoms with Gasteiger partial charge in [-0.05, 0) is 6.08 Å². The van der Waals surface area contributed by atoms with E-state index in [0.717, 1.165) is 4.90 Å². The Balaban J connectivity index is 1.74. The monoisotopic (exact) mass is 310 g/mol. The first-order valence-electron chi connectivity index (χ1n) is 6.92. The van der Waals surface area contributed by atoms with Gasteiger partial charge in [0.15, 0.2) is 5.65 Å². The summed E-state index contributed by atoms with van der Waals surface area (Å²) in [7, 11) is 0. The quantitative estimate of drug-likeness (QED) is 0.499. The largest absolute Gasteiger partial charge is 0.492 e. The van der Waals surface area contributed by atoms with Crippen LogP contribution in [-0.4, -0.2) is 45.0 Å². The van der Waals surface area contributed by atoms with E-state index in [1.807, 2.05) is 0 Å². The Morgan fingerprint density at radius 3 is 2.96 bits per heavy atom. The van der Waals surface area contributed by atoms with Crippen molar-refractivity contribution in [3.8, 4) is 0 Å². The highest BCUT2D eigenvalue weighted by Gasteiger charge is 2.37. The standard InChI is InChI=1S/C16H14N4O3/c1-3-4-5-10(2)23-7-6-20-15(21)12-8-17-14-11(9-18-19-14)13(12)16(20)22/h3-5,8-9H,1-2,6-7H2,(H,17,18,19)/b5-4-. The molecular weight excluding hydrogens is 296 g/mol. The normalized spacial score (nSPS) is 13.8. The summed E-state index contributed by atoms with van der Waals surface area (Å²) in [5.41, 5.74) is 1.10. The maximum absolute atomic E-state index is 12.5. The summed E-state index contributed by atoms with van der Waals surface area (Å²) >= 11 is 0. The second kappa shape index (κ2) is 5.88. The van der Waals surface area contributed by atoms with E-state index in [9.17, 15) is 9.59 Å². The van der Waals surface area contributed by atoms with Gasteiger partial charge in [0.1, 0.15) is 12.4 Å². The Labute approximate surface area is 132 Å². The summed E-state index contributed by atoms with van der Waals surface area (Å²) in [5.74, 6) is -0.313. The number of pyridine rings is 1. The SMILES string of the molecule is C=C/C=C\C(=C)OCCN1C(=O)c2cnc3[nH]ncc3c2C1=O. The zero-order valence-electron chi connectivity index (χ0n) is 12.3. The van der Waals surface area contributed by atoms with Gasteiger partial charge in [-0.2, -0.15) is 5.10 Å². The average molecular weight is 310 g/mol. The van der Waals surface area contributed by atoms with Gasteiger partial charge < -0.3 is 4.74 Å². The number of carbonyl (C=O) groups is 2. The molecule has 7 heteroatoms. The summed E-state index contributed by atoms with van der Waals surface area (Å²) in [5, 5.41) is 7.08. The molecule has 1 aliphatic heterocycles. The van der Waals surface area contributed by atoms with Crippen molar-refractivity contribution in [1.82, 2.24) is 20.1 Å². The third-order valence-corrected chi connectivity index (χ3v) is 3.44. The van der Waals surface area contributed by atoms with Crippen molar-refractivity contribution in [3.05, 3.63) is 60.7 Å². The lowest BCUT2D eigenvalue weighted by molar-refractivity contribution is 0.0613. The first kappa shape index (κ1) is 14.7. The number of ether oxygens (including phenoxy) is 1. The molecule has 0 saturated heterocycles. The van der Waals surface area contributed by atoms with Crippen molar-refractivity contribution in [2.75, 3.05) is 13.2 Å². The molecule has 0 saturated carbocycles. The molecule has 3 heterocycles. The van der Waals surface area contributed by atoms with Gasteiger partial charge in [-0.3, -0.25) is 19.6 Å². The second-order valence-electron chi connectivity index (χ2n) is 4.85. The molecule has 1 N–H and O–H groups in total. The van der Waals surface area contributed by atoms with E-state index >= 15 is 0 Å². The van der Waals surface area contributed by atoms with Gasteiger partial charge in [-0.25, -0.2) is 4.98 Å². The molecule has 0 fully saturated rings. The Morgan fingerprint density at radius 1 is 1.35 bits per heavy atom. The minimum absolute atomic E-state index is 0.132. The number of fused-ring (bicyclic) bond motifs is 3. The summed E-state index contributed by atoms with van der Waals surface area (Å²) in [6, 6.07) is 0. The second-order valence-corrected chi connectivity index (χ2v) is 4.85. The van der Waals surface area contributed by atoms with Crippen LogP contribution in [0.1, 0.15) is 20.7 Å². The highest BCUT2D eigenvalue weighted by molar-refractivity contribution is 6.25. The zero-order valence-corrected chi connectivity index (χ0v) is 12.3. The predicted octanol–water partition coefficient (Wildman–Crippen LogP) is 1.83. The number of amides is 2. The van der Waals surface area contributed by atoms with Crippen LogP contribution >= 0.6 is 0 Å². The van der Waals surface area contributed by atoms with Gasteiger partial charge >= 0.3 is 0 Å². The molecule has 0 radical (unpaired) electrons. The van der Waals surface area contributed by atoms with Crippen molar-refractivity contribution >= 4 is 22.8 Å². The molecule has 2 aromatic rings. The number of rotatable bonds is 6. The van der Waals surface area contributed by atoms with Crippen molar-refractivity contribution in [2.24, 2.45) is 0 Å². The van der Waals surface area contributed by atoms with Gasteiger partial charge in [-0.1, -0.05) is 25.3 Å². The van der Waals surface area contributed by atoms with E-state index in [1.165, 1.54) is 12.4 Å². The minimum atomic E-state index is -0.378. The first-order valence-corrected chi connectivity index (χ1v) is 6.92. The highest BCUT2D eigenvalue weighted by Crippen LogP contribution is 2.27. The molecule has 0 aromatic carbocycles. The Bertz CT molecular complexity index is 850. The van der Waals surface area contributed by atoms with Crippen LogP contribution in [0.3, 0.4) is 0 Å². The summed E-state index contributed by atoms with van der Waals surface area (Å²) in [4.78, 5) is 30.1. The molecular formula is C16H14N4O3. The summed E-state index contributed by atoms with van der Waals surface area (Å²) < 4.78 is 5.36. The molecule has 116 valence electrons. The highest BCUT2D eigenvalue weighted by atomic mass is 16.5. The molecule has 23 heavy (non-hydrogen) atoms. The fourth-order valence-corrected chi connectivity index (χ4v) is 2.36. The van der Waals surface area contributed by atoms with Gasteiger partial charge in [0.2, 0.25) is 0 Å². The number of carbonyl (C=O) groups excluding carboxylic acids is 2. The number of allylic oxidation sites excluding steroid dienone is 3. The van der Waals surface area contributed by atoms with Crippen LogP contribution in [0.4, 0.5) is 0 Å². The smallest absolute Gasteiger partial charge is 0.263 e. The van der Waals surface area contributed by atoms with E-state index in [-0.39, 0.29) is 30.5 Å². The number of imide groups is 1. The lowest BCUT2D eigenvalue weighted by Gasteiger charge is -2.14. The molecule has 0 atom stereocenters. The van der Waals surface area contributed by atoms with Crippen molar-refractivity contribution in [2.45, 2.75) is 0 Å². The van der Waals surface area contributed by atoms with Crippen molar-refractivity contribution < 1.29 is 14.3 Å². The minimum Gasteiger partial charge on any atom is -0.492 e. The van der Waals surface area contributed by atoms with Crippen molar-refractivity contribution in [3.63, 3.8) is 0 Å². The fourth-order valence-electron chi connectivity index (χ4n) is 2.36. The Hall–Kier alpha value is -3.22. The maximum atomic E-state index is 12.5. The Kier molecular flexibility index (Phi) is 3.76. The topological polar surface area (TPSA) is 88.2 Å². The van der Waals surface area contributed by atoms with Crippen LogP contribution in [0.2, 0.25) is 0 Å². The van der Waals surface area contributed by atoms with Crippen molar-refractivity contribution in [1.29, 1.82) is 0 Å². The third kappa shape index (κ3) is 2.52. The van der Waals surface area contributed by atoms with Crippen LogP contribution in [0, 0.1) is 0 Å². The lowest BCUT2D eigenvalue weighted by Crippen LogP contribution is -2.32. The van der Waals surface area contributed by atoms with Crippen LogP contribution in [-0.2, 0) is 4.74 Å². The van der Waals surface area contributed by atoms with E-state index < -0.39 is 0 Å². The van der Waals surface area contributed by atoms with Crippen LogP contribution in [0.5, 0.6) is 0 Å². The molecule has 2 aromatic heterocycles. The summed E-state index contributed by atoms with van der Waals surface area (Å²) in [6.07, 6.45) is 7.82. The molecule has 3 rings (SSSR count). The van der Waals surface area contributed by atoms with E-state index in [4.69, 9.17) is 4.74 Å². The van der Waals surface area contributed by atoms with Gasteiger partial charge in [-0.15, -0.1) is 0 Å². The fraction of sp³-hybridized carbons (Fsp3) is 0.125. The molecule has 7 nitrogen and oxygen atoms in total. The van der Waals surface area contributed by atoms with Gasteiger partial charge in [0.05, 0.1) is 29.3 Å². The number of hydrogen-bond acceptors (Lipinski definition) is 5. The molecule has 0 bridgehead atoms. The van der Waals surface area contributed by atoms with Crippen LogP contribution in [0.25, 0.3) is 11.0 Å². The van der Waals surface area contributed by atoms with Crippen LogP contribution in [0.15, 0.2) is 49.5 Å². The lowest BCUT2D eigenvalue weighted by atomic mass is 10.1. The van der Waals surface area contributed by atoms with Gasteiger partial charge in [0, 0.05) is 6.20 Å². The molecule has 0 spiro atoms. The number of aromatic amines is 1. The maximum Gasteiger partial charge on any atom is 0.263 e. The van der Waals surface area contributed by atoms with E-state index in [0.29, 0.717) is 22.4 Å². The molecule has 0 unspecified atom stereocenters. The summed E-state index contributed by atoms with van der Waals surface area (Å²) in [6.45, 7) is 7.54. The number of nitrogens with one attached hydrogen (secondary N) is 1. The molecule has 2 amide bonds. The number of aromatic nitrogens is 3. The van der Waals surface area contributed by atoms with E-state index in [1.54, 1.807) is 18.2 Å². The molecule has 1 aliphatic rings. The number of H-pyrrole nitrogens is 1. The predicted molar refractivity (Wildman–Crippen MR) is 83.7 cm³/mol. The zero-order chi connectivity index (χ0) is 16.4. The Morgan fingerprint density at radius 2 is 2.17 bits per heavy atom. The van der Waals surface area contributed by atoms with E-state index in [2.05, 4.69) is 28.3 Å². The van der Waals surface area contributed by atoms with Gasteiger partial charge in [0.25, 0.3) is 11.8 Å². The third-order valence-electron chi connectivity index (χ3n) is 3.44. The molecule has 0 aliphatic carbocycles. The van der Waals surface area contributed by atoms with Crippen LogP contribution < -0.4 is 0 Å². The average Bonchev–Trinajstić information content (AvgIpc) is 3.11. The first-order chi connectivity index (χ1) is 11.1.